The first-order valence-corrected chi connectivity index (χ1v) is 11.9. The summed E-state index contributed by atoms with van der Waals surface area (Å²) in [7, 11) is 0. The maximum Gasteiger partial charge on any atom is 0.243 e. The van der Waals surface area contributed by atoms with E-state index in [-0.39, 0.29) is 18.4 Å². The molecular weight excluding hydrogens is 450 g/mol. The van der Waals surface area contributed by atoms with Gasteiger partial charge in [-0.1, -0.05) is 78.9 Å². The highest BCUT2D eigenvalue weighted by atomic mass is 16.5. The molecule has 0 aliphatic carbocycles. The van der Waals surface area contributed by atoms with Gasteiger partial charge < -0.3 is 20.7 Å². The van der Waals surface area contributed by atoms with Crippen molar-refractivity contribution in [3.63, 3.8) is 0 Å². The molecule has 3 N–H and O–H groups in total. The van der Waals surface area contributed by atoms with E-state index < -0.39 is 0 Å². The molecule has 36 heavy (non-hydrogen) atoms. The summed E-state index contributed by atoms with van der Waals surface area (Å²) in [6.45, 7) is 0.480. The predicted molar refractivity (Wildman–Crippen MR) is 144 cm³/mol. The van der Waals surface area contributed by atoms with Gasteiger partial charge in [0.1, 0.15) is 12.4 Å². The van der Waals surface area contributed by atoms with Crippen molar-refractivity contribution < 1.29 is 14.3 Å². The summed E-state index contributed by atoms with van der Waals surface area (Å²) in [6.07, 6.45) is 1.08. The van der Waals surface area contributed by atoms with Gasteiger partial charge in [-0.05, 0) is 47.9 Å². The third-order valence-corrected chi connectivity index (χ3v) is 5.48. The molecule has 0 aromatic heterocycles. The van der Waals surface area contributed by atoms with Crippen LogP contribution < -0.4 is 20.7 Å². The van der Waals surface area contributed by atoms with Crippen molar-refractivity contribution in [3.05, 3.63) is 120 Å². The van der Waals surface area contributed by atoms with Crippen molar-refractivity contribution in [1.29, 1.82) is 0 Å². The SMILES string of the molecule is O=C(CCc1ccccc1)Nc1cccc(NCC(=O)Nc2ccccc2OCc2ccccc2)c1. The van der Waals surface area contributed by atoms with Crippen molar-refractivity contribution in [3.8, 4) is 5.75 Å². The molecule has 0 fully saturated rings. The molecule has 0 radical (unpaired) electrons. The highest BCUT2D eigenvalue weighted by Gasteiger charge is 2.09. The predicted octanol–water partition coefficient (Wildman–Crippen LogP) is 5.89. The van der Waals surface area contributed by atoms with Crippen LogP contribution in [0.15, 0.2) is 109 Å². The Morgan fingerprint density at radius 1 is 0.639 bits per heavy atom. The Balaban J connectivity index is 1.26. The van der Waals surface area contributed by atoms with Crippen LogP contribution in [0, 0.1) is 0 Å². The molecule has 182 valence electrons. The number of hydrogen-bond donors (Lipinski definition) is 3. The molecule has 0 atom stereocenters. The summed E-state index contributed by atoms with van der Waals surface area (Å²) in [4.78, 5) is 24.9. The van der Waals surface area contributed by atoms with Gasteiger partial charge in [0.05, 0.1) is 12.2 Å². The number of carbonyl (C=O) groups excluding carboxylic acids is 2. The van der Waals surface area contributed by atoms with Crippen LogP contribution in [0.25, 0.3) is 0 Å². The van der Waals surface area contributed by atoms with Crippen LogP contribution in [-0.2, 0) is 22.6 Å². The van der Waals surface area contributed by atoms with Gasteiger partial charge in [0.15, 0.2) is 0 Å². The fraction of sp³-hybridized carbons (Fsp3) is 0.133. The van der Waals surface area contributed by atoms with Crippen LogP contribution in [0.3, 0.4) is 0 Å². The number of benzene rings is 4. The molecule has 0 heterocycles. The summed E-state index contributed by atoms with van der Waals surface area (Å²) in [5, 5.41) is 8.93. The average Bonchev–Trinajstić information content (AvgIpc) is 2.92. The third-order valence-electron chi connectivity index (χ3n) is 5.48. The summed E-state index contributed by atoms with van der Waals surface area (Å²) in [5.41, 5.74) is 4.20. The normalized spacial score (nSPS) is 10.3. The summed E-state index contributed by atoms with van der Waals surface area (Å²) in [6, 6.07) is 34.5. The van der Waals surface area contributed by atoms with Crippen LogP contribution >= 0.6 is 0 Å². The molecule has 6 heteroatoms. The van der Waals surface area contributed by atoms with Gasteiger partial charge in [-0.2, -0.15) is 0 Å². The summed E-state index contributed by atoms with van der Waals surface area (Å²) < 4.78 is 5.91. The monoisotopic (exact) mass is 479 g/mol. The molecule has 0 saturated carbocycles. The largest absolute Gasteiger partial charge is 0.487 e. The zero-order valence-electron chi connectivity index (χ0n) is 19.9. The quantitative estimate of drug-likeness (QED) is 0.251. The summed E-state index contributed by atoms with van der Waals surface area (Å²) >= 11 is 0. The zero-order chi connectivity index (χ0) is 25.0. The van der Waals surface area contributed by atoms with Gasteiger partial charge in [0.2, 0.25) is 11.8 Å². The number of rotatable bonds is 11. The van der Waals surface area contributed by atoms with Crippen molar-refractivity contribution in [2.24, 2.45) is 0 Å². The van der Waals surface area contributed by atoms with Crippen molar-refractivity contribution in [2.45, 2.75) is 19.4 Å². The van der Waals surface area contributed by atoms with Crippen molar-refractivity contribution in [1.82, 2.24) is 0 Å². The molecule has 0 spiro atoms. The van der Waals surface area contributed by atoms with E-state index in [4.69, 9.17) is 4.74 Å². The Bertz CT molecular complexity index is 1280. The number of carbonyl (C=O) groups is 2. The Labute approximate surface area is 211 Å². The van der Waals surface area contributed by atoms with E-state index in [1.165, 1.54) is 0 Å². The number of anilines is 3. The highest BCUT2D eigenvalue weighted by molar-refractivity contribution is 5.95. The van der Waals surface area contributed by atoms with Gasteiger partial charge in [-0.25, -0.2) is 0 Å². The van der Waals surface area contributed by atoms with E-state index in [9.17, 15) is 9.59 Å². The Kier molecular flexibility index (Phi) is 8.70. The number of aryl methyl sites for hydroxylation is 1. The highest BCUT2D eigenvalue weighted by Crippen LogP contribution is 2.25. The molecule has 4 rings (SSSR count). The van der Waals surface area contributed by atoms with Crippen molar-refractivity contribution in [2.75, 3.05) is 22.5 Å². The minimum absolute atomic E-state index is 0.0548. The first-order chi connectivity index (χ1) is 17.7. The molecule has 0 aliphatic rings. The maximum absolute atomic E-state index is 12.6. The summed E-state index contributed by atoms with van der Waals surface area (Å²) in [5.74, 6) is 0.346. The van der Waals surface area contributed by atoms with Crippen LogP contribution in [0.5, 0.6) is 5.75 Å². The van der Waals surface area contributed by atoms with E-state index in [2.05, 4.69) is 16.0 Å². The van der Waals surface area contributed by atoms with E-state index in [1.807, 2.05) is 109 Å². The minimum Gasteiger partial charge on any atom is -0.487 e. The van der Waals surface area contributed by atoms with E-state index in [0.717, 1.165) is 16.8 Å². The molecule has 0 bridgehead atoms. The zero-order valence-corrected chi connectivity index (χ0v) is 19.9. The van der Waals surface area contributed by atoms with Gasteiger partial charge in [0, 0.05) is 17.8 Å². The van der Waals surface area contributed by atoms with E-state index >= 15 is 0 Å². The second-order valence-corrected chi connectivity index (χ2v) is 8.29. The first-order valence-electron chi connectivity index (χ1n) is 11.9. The van der Waals surface area contributed by atoms with Crippen LogP contribution in [0.4, 0.5) is 17.1 Å². The van der Waals surface area contributed by atoms with Crippen LogP contribution in [0.2, 0.25) is 0 Å². The van der Waals surface area contributed by atoms with Gasteiger partial charge in [-0.3, -0.25) is 9.59 Å². The molecule has 4 aromatic rings. The lowest BCUT2D eigenvalue weighted by Crippen LogP contribution is -2.22. The fourth-order valence-electron chi connectivity index (χ4n) is 3.64. The van der Waals surface area contributed by atoms with Crippen LogP contribution in [0.1, 0.15) is 17.5 Å². The number of nitrogens with one attached hydrogen (secondary N) is 3. The number of hydrogen-bond acceptors (Lipinski definition) is 4. The second kappa shape index (κ2) is 12.8. The first kappa shape index (κ1) is 24.5. The molecule has 4 aromatic carbocycles. The number of amides is 2. The number of ether oxygens (including phenoxy) is 1. The third kappa shape index (κ3) is 7.74. The average molecular weight is 480 g/mol. The molecule has 6 nitrogen and oxygen atoms in total. The Hall–Kier alpha value is -4.58. The number of para-hydroxylation sites is 2. The van der Waals surface area contributed by atoms with Crippen LogP contribution in [-0.4, -0.2) is 18.4 Å². The molecule has 0 unspecified atom stereocenters. The molecule has 0 aliphatic heterocycles. The standard InChI is InChI=1S/C30H29N3O3/c34-29(19-18-23-10-3-1-4-11-23)32-26-15-9-14-25(20-26)31-21-30(35)33-27-16-7-8-17-28(27)36-22-24-12-5-2-6-13-24/h1-17,20,31H,18-19,21-22H2,(H,32,34)(H,33,35). The van der Waals surface area contributed by atoms with Gasteiger partial charge >= 0.3 is 0 Å². The smallest absolute Gasteiger partial charge is 0.243 e. The second-order valence-electron chi connectivity index (χ2n) is 8.29. The Morgan fingerprint density at radius 2 is 1.31 bits per heavy atom. The van der Waals surface area contributed by atoms with Gasteiger partial charge in [0.25, 0.3) is 0 Å². The molecular formula is C30H29N3O3. The van der Waals surface area contributed by atoms with E-state index in [1.54, 1.807) is 0 Å². The van der Waals surface area contributed by atoms with Gasteiger partial charge in [-0.15, -0.1) is 0 Å². The molecule has 2 amide bonds. The topological polar surface area (TPSA) is 79.5 Å². The maximum atomic E-state index is 12.6. The fourth-order valence-corrected chi connectivity index (χ4v) is 3.64. The van der Waals surface area contributed by atoms with E-state index in [0.29, 0.717) is 36.6 Å². The lowest BCUT2D eigenvalue weighted by molar-refractivity contribution is -0.116. The minimum atomic E-state index is -0.205. The Morgan fingerprint density at radius 3 is 2.08 bits per heavy atom. The van der Waals surface area contributed by atoms with Crippen molar-refractivity contribution >= 4 is 28.9 Å². The lowest BCUT2D eigenvalue weighted by atomic mass is 10.1. The lowest BCUT2D eigenvalue weighted by Gasteiger charge is -2.13. The molecule has 0 saturated heterocycles.